The second-order valence-corrected chi connectivity index (χ2v) is 7.77. The van der Waals surface area contributed by atoms with Crippen LogP contribution in [0, 0.1) is 12.7 Å². The van der Waals surface area contributed by atoms with Gasteiger partial charge in [0.2, 0.25) is 0 Å². The molecule has 0 spiro atoms. The molecule has 0 bridgehead atoms. The molecule has 4 rings (SSSR count). The van der Waals surface area contributed by atoms with Crippen LogP contribution in [-0.4, -0.2) is 41.3 Å². The lowest BCUT2D eigenvalue weighted by atomic mass is 9.84. The Morgan fingerprint density at radius 3 is 2.59 bits per heavy atom. The molecule has 6 heteroatoms. The quantitative estimate of drug-likeness (QED) is 0.870. The third-order valence-electron chi connectivity index (χ3n) is 5.86. The Morgan fingerprint density at radius 2 is 1.93 bits per heavy atom. The largest absolute Gasteiger partial charge is 0.385 e. The Bertz CT molecular complexity index is 781. The van der Waals surface area contributed by atoms with E-state index in [1.54, 1.807) is 12.1 Å². The summed E-state index contributed by atoms with van der Waals surface area (Å²) in [4.78, 5) is 11.6. The zero-order valence-corrected chi connectivity index (χ0v) is 15.8. The average molecular weight is 370 g/mol. The van der Waals surface area contributed by atoms with Crippen molar-refractivity contribution in [2.75, 3.05) is 31.1 Å². The Balaban J connectivity index is 1.49. The topological polar surface area (TPSA) is 61.3 Å². The predicted octanol–water partition coefficient (Wildman–Crippen LogP) is 2.88. The third-order valence-corrected chi connectivity index (χ3v) is 5.86. The van der Waals surface area contributed by atoms with E-state index >= 15 is 0 Å². The van der Waals surface area contributed by atoms with E-state index in [0.29, 0.717) is 31.8 Å². The number of nitrogens with one attached hydrogen (secondary N) is 1. The van der Waals surface area contributed by atoms with Crippen molar-refractivity contribution >= 4 is 5.82 Å². The maximum absolute atomic E-state index is 13.2. The number of benzene rings is 1. The van der Waals surface area contributed by atoms with Crippen LogP contribution in [-0.2, 0) is 5.60 Å². The van der Waals surface area contributed by atoms with E-state index in [4.69, 9.17) is 0 Å². The van der Waals surface area contributed by atoms with Crippen LogP contribution in [0.1, 0.15) is 48.7 Å². The molecule has 1 aromatic carbocycles. The number of aromatic nitrogens is 2. The van der Waals surface area contributed by atoms with Crippen molar-refractivity contribution in [1.29, 1.82) is 0 Å². The Kier molecular flexibility index (Phi) is 5.10. The summed E-state index contributed by atoms with van der Waals surface area (Å²) in [6, 6.07) is 8.32. The van der Waals surface area contributed by atoms with E-state index in [1.807, 2.05) is 6.92 Å². The lowest BCUT2D eigenvalue weighted by Gasteiger charge is -2.39. The number of piperidine rings is 2. The van der Waals surface area contributed by atoms with Crippen molar-refractivity contribution in [3.8, 4) is 0 Å². The normalized spacial score (nSPS) is 22.6. The van der Waals surface area contributed by atoms with Crippen molar-refractivity contribution in [1.82, 2.24) is 15.3 Å². The highest BCUT2D eigenvalue weighted by atomic mass is 19.1. The van der Waals surface area contributed by atoms with E-state index in [1.165, 1.54) is 18.6 Å². The first-order valence-corrected chi connectivity index (χ1v) is 9.83. The summed E-state index contributed by atoms with van der Waals surface area (Å²) in [6.07, 6.45) is 3.54. The third kappa shape index (κ3) is 3.96. The molecule has 0 radical (unpaired) electrons. The smallest absolute Gasteiger partial charge is 0.132 e. The maximum atomic E-state index is 13.2. The van der Waals surface area contributed by atoms with Crippen molar-refractivity contribution in [3.63, 3.8) is 0 Å². The number of nitrogens with zero attached hydrogens (tertiary/aromatic N) is 3. The van der Waals surface area contributed by atoms with Crippen LogP contribution in [0.15, 0.2) is 30.3 Å². The van der Waals surface area contributed by atoms with E-state index in [-0.39, 0.29) is 5.82 Å². The molecule has 1 aromatic heterocycles. The fourth-order valence-corrected chi connectivity index (χ4v) is 4.20. The summed E-state index contributed by atoms with van der Waals surface area (Å²) >= 11 is 0. The molecule has 2 N–H and O–H groups in total. The number of aryl methyl sites for hydroxylation is 1. The molecule has 2 saturated heterocycles. The van der Waals surface area contributed by atoms with Gasteiger partial charge < -0.3 is 15.3 Å². The second kappa shape index (κ2) is 7.52. The summed E-state index contributed by atoms with van der Waals surface area (Å²) < 4.78 is 13.2. The molecular weight excluding hydrogens is 343 g/mol. The van der Waals surface area contributed by atoms with Crippen molar-refractivity contribution in [3.05, 3.63) is 53.2 Å². The van der Waals surface area contributed by atoms with E-state index in [9.17, 15) is 9.50 Å². The molecule has 27 heavy (non-hydrogen) atoms. The predicted molar refractivity (Wildman–Crippen MR) is 103 cm³/mol. The van der Waals surface area contributed by atoms with E-state index < -0.39 is 5.60 Å². The van der Waals surface area contributed by atoms with Crippen LogP contribution in [0.4, 0.5) is 10.2 Å². The number of hydrogen-bond donors (Lipinski definition) is 2. The molecule has 0 amide bonds. The molecule has 2 aliphatic rings. The molecule has 144 valence electrons. The molecule has 1 atom stereocenters. The molecule has 2 aromatic rings. The summed E-state index contributed by atoms with van der Waals surface area (Å²) in [7, 11) is 0. The number of halogens is 1. The number of aliphatic hydroxyl groups is 1. The molecule has 0 aliphatic carbocycles. The number of anilines is 1. The Labute approximate surface area is 159 Å². The minimum atomic E-state index is -0.900. The zero-order chi connectivity index (χ0) is 18.9. The molecule has 2 aliphatic heterocycles. The van der Waals surface area contributed by atoms with Crippen LogP contribution < -0.4 is 10.2 Å². The lowest BCUT2D eigenvalue weighted by Crippen LogP contribution is -2.43. The van der Waals surface area contributed by atoms with Gasteiger partial charge in [-0.2, -0.15) is 0 Å². The highest BCUT2D eigenvalue weighted by Gasteiger charge is 2.34. The van der Waals surface area contributed by atoms with Crippen molar-refractivity contribution in [2.45, 2.75) is 44.1 Å². The van der Waals surface area contributed by atoms with Crippen LogP contribution in [0.2, 0.25) is 0 Å². The minimum absolute atomic E-state index is 0.277. The molecule has 0 saturated carbocycles. The number of hydrogen-bond acceptors (Lipinski definition) is 5. The van der Waals surface area contributed by atoms with Gasteiger partial charge in [0, 0.05) is 31.6 Å². The minimum Gasteiger partial charge on any atom is -0.385 e. The first kappa shape index (κ1) is 18.3. The van der Waals surface area contributed by atoms with Gasteiger partial charge in [-0.1, -0.05) is 12.1 Å². The zero-order valence-electron chi connectivity index (χ0n) is 15.8. The van der Waals surface area contributed by atoms with Gasteiger partial charge in [0.15, 0.2) is 0 Å². The average Bonchev–Trinajstić information content (AvgIpc) is 2.69. The maximum Gasteiger partial charge on any atom is 0.132 e. The first-order chi connectivity index (χ1) is 13.0. The molecular formula is C21H27FN4O. The van der Waals surface area contributed by atoms with Crippen LogP contribution in [0.5, 0.6) is 0 Å². The van der Waals surface area contributed by atoms with Gasteiger partial charge in [-0.25, -0.2) is 14.4 Å². The van der Waals surface area contributed by atoms with Crippen LogP contribution in [0.3, 0.4) is 0 Å². The Morgan fingerprint density at radius 1 is 1.19 bits per heavy atom. The molecule has 0 unspecified atom stereocenters. The van der Waals surface area contributed by atoms with Crippen molar-refractivity contribution in [2.24, 2.45) is 0 Å². The Hall–Kier alpha value is -2.05. The fourth-order valence-electron chi connectivity index (χ4n) is 4.20. The lowest BCUT2D eigenvalue weighted by molar-refractivity contribution is 0.0116. The van der Waals surface area contributed by atoms with Gasteiger partial charge in [0.1, 0.15) is 17.5 Å². The highest BCUT2D eigenvalue weighted by Crippen LogP contribution is 2.35. The van der Waals surface area contributed by atoms with Gasteiger partial charge >= 0.3 is 0 Å². The number of rotatable bonds is 3. The summed E-state index contributed by atoms with van der Waals surface area (Å²) in [5.74, 6) is 1.91. The standard InChI is InChI=1S/C21H27FN4O/c1-15-24-19(16-3-2-10-23-14-16)13-20(25-15)26-11-8-21(27,9-12-26)17-4-6-18(22)7-5-17/h4-7,13,16,23,27H,2-3,8-12,14H2,1H3/t16-/m0/s1. The monoisotopic (exact) mass is 370 g/mol. The van der Waals surface area contributed by atoms with Gasteiger partial charge in [0.25, 0.3) is 0 Å². The highest BCUT2D eigenvalue weighted by molar-refractivity contribution is 5.42. The summed E-state index contributed by atoms with van der Waals surface area (Å²) in [5, 5.41) is 14.5. The molecule has 3 heterocycles. The second-order valence-electron chi connectivity index (χ2n) is 7.77. The van der Waals surface area contributed by atoms with Gasteiger partial charge in [-0.05, 0) is 56.8 Å². The summed E-state index contributed by atoms with van der Waals surface area (Å²) in [6.45, 7) is 5.43. The van der Waals surface area contributed by atoms with Crippen LogP contribution in [0.25, 0.3) is 0 Å². The van der Waals surface area contributed by atoms with Crippen LogP contribution >= 0.6 is 0 Å². The van der Waals surface area contributed by atoms with Gasteiger partial charge in [-0.3, -0.25) is 0 Å². The van der Waals surface area contributed by atoms with Crippen molar-refractivity contribution < 1.29 is 9.50 Å². The molecule has 5 nitrogen and oxygen atoms in total. The van der Waals surface area contributed by atoms with Gasteiger partial charge in [0.05, 0.1) is 11.3 Å². The van der Waals surface area contributed by atoms with Gasteiger partial charge in [-0.15, -0.1) is 0 Å². The van der Waals surface area contributed by atoms with E-state index in [2.05, 4.69) is 26.3 Å². The van der Waals surface area contributed by atoms with E-state index in [0.717, 1.165) is 42.4 Å². The summed E-state index contributed by atoms with van der Waals surface area (Å²) in [5.41, 5.74) is 1.00. The molecule has 2 fully saturated rings. The first-order valence-electron chi connectivity index (χ1n) is 9.83. The SMILES string of the molecule is Cc1nc([C@H]2CCCNC2)cc(N2CCC(O)(c3ccc(F)cc3)CC2)n1. The fraction of sp³-hybridized carbons (Fsp3) is 0.524.